The summed E-state index contributed by atoms with van der Waals surface area (Å²) in [6.07, 6.45) is 3.34. The summed E-state index contributed by atoms with van der Waals surface area (Å²) in [6, 6.07) is 0.0145. The molecule has 1 N–H and O–H groups in total. The molecular formula is C11H20N2O. The summed E-state index contributed by atoms with van der Waals surface area (Å²) in [6.45, 7) is 7.82. The zero-order chi connectivity index (χ0) is 10.6. The highest BCUT2D eigenvalue weighted by Crippen LogP contribution is 2.19. The van der Waals surface area contributed by atoms with Crippen molar-refractivity contribution in [2.45, 2.75) is 26.2 Å². The van der Waals surface area contributed by atoms with Gasteiger partial charge in [-0.15, -0.1) is 0 Å². The highest BCUT2D eigenvalue weighted by molar-refractivity contribution is 5.74. The zero-order valence-electron chi connectivity index (χ0n) is 9.18. The van der Waals surface area contributed by atoms with E-state index < -0.39 is 0 Å². The Morgan fingerprint density at radius 2 is 2.36 bits per heavy atom. The summed E-state index contributed by atoms with van der Waals surface area (Å²) >= 11 is 0. The van der Waals surface area contributed by atoms with E-state index in [1.807, 2.05) is 4.90 Å². The van der Waals surface area contributed by atoms with Crippen LogP contribution in [0.15, 0.2) is 12.2 Å². The molecule has 0 aliphatic carbocycles. The molecule has 1 saturated heterocycles. The van der Waals surface area contributed by atoms with Crippen molar-refractivity contribution in [2.75, 3.05) is 20.1 Å². The number of nitrogens with one attached hydrogen (secondary N) is 1. The van der Waals surface area contributed by atoms with Crippen molar-refractivity contribution in [3.05, 3.63) is 12.2 Å². The Balaban J connectivity index is 2.54. The van der Waals surface area contributed by atoms with Crippen molar-refractivity contribution < 1.29 is 4.79 Å². The Bertz CT molecular complexity index is 225. The molecule has 3 nitrogen and oxygen atoms in total. The van der Waals surface area contributed by atoms with Gasteiger partial charge in [0.1, 0.15) is 0 Å². The summed E-state index contributed by atoms with van der Waals surface area (Å²) in [5.74, 6) is 0.717. The lowest BCUT2D eigenvalue weighted by Crippen LogP contribution is -2.40. The molecule has 3 heteroatoms. The highest BCUT2D eigenvalue weighted by atomic mass is 16.2. The van der Waals surface area contributed by atoms with Crippen LogP contribution in [0.4, 0.5) is 4.79 Å². The molecular weight excluding hydrogens is 176 g/mol. The van der Waals surface area contributed by atoms with Gasteiger partial charge in [-0.1, -0.05) is 19.1 Å². The lowest BCUT2D eigenvalue weighted by Gasteiger charge is -2.27. The second-order valence-corrected chi connectivity index (χ2v) is 4.18. The van der Waals surface area contributed by atoms with Crippen LogP contribution in [-0.4, -0.2) is 31.1 Å². The Morgan fingerprint density at radius 3 is 3.00 bits per heavy atom. The molecule has 2 amide bonds. The van der Waals surface area contributed by atoms with E-state index in [1.54, 1.807) is 7.05 Å². The first-order valence-electron chi connectivity index (χ1n) is 5.26. The summed E-state index contributed by atoms with van der Waals surface area (Å²) in [5, 5.41) is 2.66. The molecule has 1 unspecified atom stereocenters. The fraction of sp³-hybridized carbons (Fsp3) is 0.727. The van der Waals surface area contributed by atoms with Gasteiger partial charge in [-0.25, -0.2) is 4.79 Å². The third-order valence-electron chi connectivity index (χ3n) is 2.68. The number of rotatable bonds is 0. The number of nitrogens with zero attached hydrogens (tertiary/aromatic N) is 1. The molecule has 0 bridgehead atoms. The van der Waals surface area contributed by atoms with Crippen LogP contribution < -0.4 is 5.32 Å². The first-order valence-corrected chi connectivity index (χ1v) is 5.26. The lowest BCUT2D eigenvalue weighted by molar-refractivity contribution is 0.199. The standard InChI is InChI=1S/C11H20N2O/c1-9-5-4-6-13(11(14)12-3)8-10(2)7-9/h9H,2,4-8H2,1,3H3,(H,12,14). The highest BCUT2D eigenvalue weighted by Gasteiger charge is 2.17. The molecule has 0 aromatic rings. The van der Waals surface area contributed by atoms with E-state index >= 15 is 0 Å². The minimum atomic E-state index is 0.0145. The van der Waals surface area contributed by atoms with Crippen LogP contribution in [0.2, 0.25) is 0 Å². The van der Waals surface area contributed by atoms with Gasteiger partial charge in [0.2, 0.25) is 0 Å². The van der Waals surface area contributed by atoms with E-state index in [1.165, 1.54) is 12.0 Å². The molecule has 1 rings (SSSR count). The summed E-state index contributed by atoms with van der Waals surface area (Å²) in [4.78, 5) is 13.3. The van der Waals surface area contributed by atoms with E-state index in [2.05, 4.69) is 18.8 Å². The third kappa shape index (κ3) is 3.05. The second-order valence-electron chi connectivity index (χ2n) is 4.18. The SMILES string of the molecule is C=C1CC(C)CCCN(C(=O)NC)C1. The zero-order valence-corrected chi connectivity index (χ0v) is 9.18. The molecule has 0 aromatic carbocycles. The van der Waals surface area contributed by atoms with Crippen molar-refractivity contribution in [1.29, 1.82) is 0 Å². The first-order chi connectivity index (χ1) is 6.63. The van der Waals surface area contributed by atoms with Gasteiger partial charge in [-0.3, -0.25) is 0 Å². The van der Waals surface area contributed by atoms with Crippen molar-refractivity contribution >= 4 is 6.03 Å². The predicted molar refractivity (Wildman–Crippen MR) is 58.2 cm³/mol. The maximum absolute atomic E-state index is 11.4. The van der Waals surface area contributed by atoms with E-state index in [-0.39, 0.29) is 6.03 Å². The molecule has 0 spiro atoms. The third-order valence-corrected chi connectivity index (χ3v) is 2.68. The van der Waals surface area contributed by atoms with Gasteiger partial charge in [0.05, 0.1) is 0 Å². The predicted octanol–water partition coefficient (Wildman–Crippen LogP) is 2.00. The van der Waals surface area contributed by atoms with Gasteiger partial charge >= 0.3 is 6.03 Å². The number of hydrogen-bond donors (Lipinski definition) is 1. The first kappa shape index (κ1) is 11.1. The minimum Gasteiger partial charge on any atom is -0.341 e. The fourth-order valence-electron chi connectivity index (χ4n) is 1.97. The maximum Gasteiger partial charge on any atom is 0.317 e. The molecule has 1 aliphatic heterocycles. The maximum atomic E-state index is 11.4. The van der Waals surface area contributed by atoms with Crippen molar-refractivity contribution in [3.8, 4) is 0 Å². The summed E-state index contributed by atoms with van der Waals surface area (Å²) < 4.78 is 0. The molecule has 1 aliphatic rings. The van der Waals surface area contributed by atoms with Crippen LogP contribution in [-0.2, 0) is 0 Å². The van der Waals surface area contributed by atoms with Gasteiger partial charge in [0, 0.05) is 20.1 Å². The Morgan fingerprint density at radius 1 is 1.64 bits per heavy atom. The van der Waals surface area contributed by atoms with Crippen molar-refractivity contribution in [2.24, 2.45) is 5.92 Å². The van der Waals surface area contributed by atoms with Gasteiger partial charge < -0.3 is 10.2 Å². The molecule has 1 heterocycles. The van der Waals surface area contributed by atoms with Crippen LogP contribution in [0.5, 0.6) is 0 Å². The number of carbonyl (C=O) groups excluding carboxylic acids is 1. The average molecular weight is 196 g/mol. The molecule has 0 saturated carbocycles. The number of likely N-dealkylation sites (tertiary alicyclic amines) is 1. The van der Waals surface area contributed by atoms with Crippen LogP contribution in [0, 0.1) is 5.92 Å². The Kier molecular flexibility index (Phi) is 3.98. The minimum absolute atomic E-state index is 0.0145. The lowest BCUT2D eigenvalue weighted by atomic mass is 9.95. The number of amides is 2. The molecule has 80 valence electrons. The Labute approximate surface area is 86.2 Å². The van der Waals surface area contributed by atoms with Gasteiger partial charge in [0.15, 0.2) is 0 Å². The Hall–Kier alpha value is -0.990. The van der Waals surface area contributed by atoms with E-state index in [0.29, 0.717) is 12.5 Å². The van der Waals surface area contributed by atoms with Crippen LogP contribution in [0.1, 0.15) is 26.2 Å². The molecule has 0 aromatic heterocycles. The fourth-order valence-corrected chi connectivity index (χ4v) is 1.97. The quantitative estimate of drug-likeness (QED) is 0.590. The number of hydrogen-bond acceptors (Lipinski definition) is 1. The second kappa shape index (κ2) is 5.03. The average Bonchev–Trinajstić information content (AvgIpc) is 2.12. The van der Waals surface area contributed by atoms with Crippen LogP contribution in [0.25, 0.3) is 0 Å². The van der Waals surface area contributed by atoms with Gasteiger partial charge in [-0.2, -0.15) is 0 Å². The topological polar surface area (TPSA) is 32.3 Å². The monoisotopic (exact) mass is 196 g/mol. The van der Waals surface area contributed by atoms with E-state index in [9.17, 15) is 4.79 Å². The van der Waals surface area contributed by atoms with Gasteiger partial charge in [-0.05, 0) is 25.2 Å². The van der Waals surface area contributed by atoms with Crippen LogP contribution >= 0.6 is 0 Å². The molecule has 1 atom stereocenters. The largest absolute Gasteiger partial charge is 0.341 e. The van der Waals surface area contributed by atoms with Crippen molar-refractivity contribution in [3.63, 3.8) is 0 Å². The smallest absolute Gasteiger partial charge is 0.317 e. The summed E-state index contributed by atoms with van der Waals surface area (Å²) in [5.41, 5.74) is 1.17. The van der Waals surface area contributed by atoms with Gasteiger partial charge in [0.25, 0.3) is 0 Å². The molecule has 14 heavy (non-hydrogen) atoms. The number of carbonyl (C=O) groups is 1. The van der Waals surface area contributed by atoms with Crippen LogP contribution in [0.3, 0.4) is 0 Å². The van der Waals surface area contributed by atoms with Crippen molar-refractivity contribution in [1.82, 2.24) is 10.2 Å². The van der Waals surface area contributed by atoms with E-state index in [4.69, 9.17) is 0 Å². The number of urea groups is 1. The molecule has 1 fully saturated rings. The van der Waals surface area contributed by atoms with E-state index in [0.717, 1.165) is 19.4 Å². The molecule has 0 radical (unpaired) electrons. The normalized spacial score (nSPS) is 24.0. The summed E-state index contributed by atoms with van der Waals surface area (Å²) in [7, 11) is 1.67.